The summed E-state index contributed by atoms with van der Waals surface area (Å²) in [5.41, 5.74) is 2.85. The van der Waals surface area contributed by atoms with Crippen molar-refractivity contribution in [3.8, 4) is 23.0 Å². The molecule has 2 aromatic heterocycles. The number of benzene rings is 2. The molecule has 8 nitrogen and oxygen atoms in total. The summed E-state index contributed by atoms with van der Waals surface area (Å²) in [4.78, 5) is 26.0. The van der Waals surface area contributed by atoms with Crippen molar-refractivity contribution < 1.29 is 9.21 Å². The second kappa shape index (κ2) is 8.58. The highest BCUT2D eigenvalue weighted by Gasteiger charge is 2.24. The molecule has 4 aromatic rings. The smallest absolute Gasteiger partial charge is 0.268 e. The third-order valence-electron chi connectivity index (χ3n) is 5.50. The Balaban J connectivity index is 1.32. The van der Waals surface area contributed by atoms with Crippen molar-refractivity contribution in [3.63, 3.8) is 0 Å². The Hall–Kier alpha value is -4.07. The molecule has 0 saturated carbocycles. The maximum atomic E-state index is 12.7. The molecule has 8 heteroatoms. The van der Waals surface area contributed by atoms with E-state index >= 15 is 0 Å². The predicted octanol–water partition coefficient (Wildman–Crippen LogP) is 3.46. The highest BCUT2D eigenvalue weighted by molar-refractivity contribution is 5.94. The SMILES string of the molecule is Cc1ncc(N2CCN(C(=O)c3ccccc3)CC2)nc1-c1nnc(-c2ccccc2)o1. The summed E-state index contributed by atoms with van der Waals surface area (Å²) in [7, 11) is 0. The van der Waals surface area contributed by atoms with E-state index in [0.717, 1.165) is 17.1 Å². The predicted molar refractivity (Wildman–Crippen MR) is 120 cm³/mol. The molecule has 0 spiro atoms. The van der Waals surface area contributed by atoms with Crippen LogP contribution in [0.5, 0.6) is 0 Å². The van der Waals surface area contributed by atoms with Gasteiger partial charge in [-0.3, -0.25) is 9.78 Å². The molecule has 1 amide bonds. The van der Waals surface area contributed by atoms with Gasteiger partial charge in [0.25, 0.3) is 11.8 Å². The summed E-state index contributed by atoms with van der Waals surface area (Å²) in [6, 6.07) is 19.0. The van der Waals surface area contributed by atoms with Gasteiger partial charge in [0, 0.05) is 37.3 Å². The van der Waals surface area contributed by atoms with Gasteiger partial charge in [-0.25, -0.2) is 4.98 Å². The Morgan fingerprint density at radius 1 is 0.875 bits per heavy atom. The fourth-order valence-electron chi connectivity index (χ4n) is 3.71. The second-order valence-corrected chi connectivity index (χ2v) is 7.59. The molecule has 0 unspecified atom stereocenters. The van der Waals surface area contributed by atoms with Crippen LogP contribution >= 0.6 is 0 Å². The van der Waals surface area contributed by atoms with Crippen molar-refractivity contribution in [2.45, 2.75) is 6.92 Å². The largest absolute Gasteiger partial charge is 0.415 e. The highest BCUT2D eigenvalue weighted by Crippen LogP contribution is 2.26. The van der Waals surface area contributed by atoms with Crippen LogP contribution in [0.25, 0.3) is 23.0 Å². The van der Waals surface area contributed by atoms with E-state index in [4.69, 9.17) is 9.40 Å². The third-order valence-corrected chi connectivity index (χ3v) is 5.50. The number of anilines is 1. The zero-order valence-electron chi connectivity index (χ0n) is 17.7. The minimum Gasteiger partial charge on any atom is -0.415 e. The van der Waals surface area contributed by atoms with E-state index in [2.05, 4.69) is 20.1 Å². The van der Waals surface area contributed by atoms with Crippen molar-refractivity contribution in [3.05, 3.63) is 78.1 Å². The molecule has 160 valence electrons. The summed E-state index contributed by atoms with van der Waals surface area (Å²) >= 11 is 0. The van der Waals surface area contributed by atoms with Crippen LogP contribution in [0.4, 0.5) is 5.82 Å². The molecule has 3 heterocycles. The normalized spacial score (nSPS) is 13.9. The van der Waals surface area contributed by atoms with Crippen LogP contribution in [0.2, 0.25) is 0 Å². The number of amides is 1. The first-order chi connectivity index (χ1) is 15.7. The van der Waals surface area contributed by atoms with Gasteiger partial charge in [-0.05, 0) is 31.2 Å². The maximum absolute atomic E-state index is 12.7. The number of aryl methyl sites for hydroxylation is 1. The van der Waals surface area contributed by atoms with Gasteiger partial charge in [0.05, 0.1) is 11.9 Å². The van der Waals surface area contributed by atoms with E-state index in [1.54, 1.807) is 6.20 Å². The van der Waals surface area contributed by atoms with Gasteiger partial charge in [-0.1, -0.05) is 36.4 Å². The number of piperazine rings is 1. The first kappa shape index (κ1) is 19.9. The summed E-state index contributed by atoms with van der Waals surface area (Å²) in [6.07, 6.45) is 1.75. The van der Waals surface area contributed by atoms with E-state index in [0.29, 0.717) is 49.2 Å². The zero-order valence-corrected chi connectivity index (χ0v) is 17.7. The molecule has 0 atom stereocenters. The Morgan fingerprint density at radius 3 is 2.25 bits per heavy atom. The van der Waals surface area contributed by atoms with Gasteiger partial charge in [0.1, 0.15) is 5.82 Å². The summed E-state index contributed by atoms with van der Waals surface area (Å²) in [5, 5.41) is 8.35. The lowest BCUT2D eigenvalue weighted by Gasteiger charge is -2.35. The minimum atomic E-state index is 0.0558. The quantitative estimate of drug-likeness (QED) is 0.494. The average Bonchev–Trinajstić information content (AvgIpc) is 3.35. The van der Waals surface area contributed by atoms with Gasteiger partial charge < -0.3 is 14.2 Å². The molecular formula is C24H22N6O2. The molecular weight excluding hydrogens is 404 g/mol. The van der Waals surface area contributed by atoms with Gasteiger partial charge in [-0.2, -0.15) is 0 Å². The van der Waals surface area contributed by atoms with Crippen molar-refractivity contribution in [2.75, 3.05) is 31.1 Å². The van der Waals surface area contributed by atoms with Crippen LogP contribution < -0.4 is 4.90 Å². The average molecular weight is 426 g/mol. The Bertz CT molecular complexity index is 1220. The van der Waals surface area contributed by atoms with Crippen molar-refractivity contribution >= 4 is 11.7 Å². The summed E-state index contributed by atoms with van der Waals surface area (Å²) in [6.45, 7) is 4.47. The number of rotatable bonds is 4. The standard InChI is InChI=1S/C24H22N6O2/c1-17-21(23-28-27-22(32-23)18-8-4-2-5-9-18)26-20(16-25-17)29-12-14-30(15-13-29)24(31)19-10-6-3-7-11-19/h2-11,16H,12-15H2,1H3. The molecule has 0 N–H and O–H groups in total. The van der Waals surface area contributed by atoms with Crippen molar-refractivity contribution in [1.82, 2.24) is 25.1 Å². The Labute approximate surface area is 185 Å². The van der Waals surface area contributed by atoms with Crippen LogP contribution in [0, 0.1) is 6.92 Å². The van der Waals surface area contributed by atoms with Crippen molar-refractivity contribution in [2.24, 2.45) is 0 Å². The molecule has 0 radical (unpaired) electrons. The number of carbonyl (C=O) groups is 1. The van der Waals surface area contributed by atoms with E-state index in [9.17, 15) is 4.79 Å². The fourth-order valence-corrected chi connectivity index (χ4v) is 3.71. The fraction of sp³-hybridized carbons (Fsp3) is 0.208. The molecule has 5 rings (SSSR count). The van der Waals surface area contributed by atoms with Crippen LogP contribution in [0.3, 0.4) is 0 Å². The van der Waals surface area contributed by atoms with Gasteiger partial charge in [-0.15, -0.1) is 10.2 Å². The molecule has 0 aliphatic carbocycles. The number of aromatic nitrogens is 4. The zero-order chi connectivity index (χ0) is 21.9. The molecule has 32 heavy (non-hydrogen) atoms. The minimum absolute atomic E-state index is 0.0558. The van der Waals surface area contributed by atoms with Crippen LogP contribution in [0.15, 0.2) is 71.3 Å². The first-order valence-electron chi connectivity index (χ1n) is 10.5. The monoisotopic (exact) mass is 426 g/mol. The van der Waals surface area contributed by atoms with Crippen LogP contribution in [-0.2, 0) is 0 Å². The Kier molecular flexibility index (Phi) is 5.33. The lowest BCUT2D eigenvalue weighted by Crippen LogP contribution is -2.49. The van der Waals surface area contributed by atoms with Crippen LogP contribution in [0.1, 0.15) is 16.1 Å². The number of nitrogens with zero attached hydrogens (tertiary/aromatic N) is 6. The number of hydrogen-bond donors (Lipinski definition) is 0. The lowest BCUT2D eigenvalue weighted by atomic mass is 10.2. The second-order valence-electron chi connectivity index (χ2n) is 7.59. The molecule has 1 fully saturated rings. The lowest BCUT2D eigenvalue weighted by molar-refractivity contribution is 0.0746. The first-order valence-corrected chi connectivity index (χ1v) is 10.5. The van der Waals surface area contributed by atoms with Crippen LogP contribution in [-0.4, -0.2) is 57.2 Å². The van der Waals surface area contributed by atoms with E-state index in [1.807, 2.05) is 72.5 Å². The van der Waals surface area contributed by atoms with Crippen molar-refractivity contribution in [1.29, 1.82) is 0 Å². The van der Waals surface area contributed by atoms with Gasteiger partial charge in [0.2, 0.25) is 5.89 Å². The maximum Gasteiger partial charge on any atom is 0.268 e. The summed E-state index contributed by atoms with van der Waals surface area (Å²) < 4.78 is 5.88. The van der Waals surface area contributed by atoms with E-state index < -0.39 is 0 Å². The van der Waals surface area contributed by atoms with Gasteiger partial charge >= 0.3 is 0 Å². The molecule has 1 aliphatic rings. The number of carbonyl (C=O) groups excluding carboxylic acids is 1. The Morgan fingerprint density at radius 2 is 1.53 bits per heavy atom. The molecule has 0 bridgehead atoms. The van der Waals surface area contributed by atoms with E-state index in [-0.39, 0.29) is 5.91 Å². The third kappa shape index (κ3) is 3.94. The number of hydrogen-bond acceptors (Lipinski definition) is 7. The summed E-state index contributed by atoms with van der Waals surface area (Å²) in [5.74, 6) is 1.57. The molecule has 1 saturated heterocycles. The van der Waals surface area contributed by atoms with E-state index in [1.165, 1.54) is 0 Å². The molecule has 2 aromatic carbocycles. The molecule has 1 aliphatic heterocycles. The van der Waals surface area contributed by atoms with Gasteiger partial charge in [0.15, 0.2) is 5.69 Å². The topological polar surface area (TPSA) is 88.3 Å². The highest BCUT2D eigenvalue weighted by atomic mass is 16.4.